The topological polar surface area (TPSA) is 35.2 Å². The number of halogens is 1. The highest BCUT2D eigenvalue weighted by Crippen LogP contribution is 2.33. The second-order valence-corrected chi connectivity index (χ2v) is 4.60. The lowest BCUT2D eigenvalue weighted by Crippen LogP contribution is -2.26. The summed E-state index contributed by atoms with van der Waals surface area (Å²) in [6.45, 7) is 1.43. The van der Waals surface area contributed by atoms with Gasteiger partial charge in [0.15, 0.2) is 0 Å². The fourth-order valence-corrected chi connectivity index (χ4v) is 2.87. The summed E-state index contributed by atoms with van der Waals surface area (Å²) in [5, 5.41) is 0. The van der Waals surface area contributed by atoms with E-state index in [9.17, 15) is 0 Å². The van der Waals surface area contributed by atoms with E-state index in [0.29, 0.717) is 6.61 Å². The summed E-state index contributed by atoms with van der Waals surface area (Å²) in [7, 11) is 0. The quantitative estimate of drug-likeness (QED) is 0.755. The molecule has 1 aliphatic carbocycles. The van der Waals surface area contributed by atoms with Crippen LogP contribution in [0.5, 0.6) is 0 Å². The molecule has 1 unspecified atom stereocenters. The Balaban J connectivity index is 0.000000963. The molecular formula is C13H18ClNO. The normalized spacial score (nSPS) is 22.9. The fourth-order valence-electron chi connectivity index (χ4n) is 2.87. The number of aryl methyl sites for hydroxylation is 1. The van der Waals surface area contributed by atoms with Crippen LogP contribution in [0.15, 0.2) is 12.1 Å². The van der Waals surface area contributed by atoms with Gasteiger partial charge in [0.25, 0.3) is 0 Å². The zero-order chi connectivity index (χ0) is 10.3. The van der Waals surface area contributed by atoms with Crippen LogP contribution in [0.4, 0.5) is 0 Å². The molecule has 1 heterocycles. The van der Waals surface area contributed by atoms with E-state index >= 15 is 0 Å². The molecule has 3 heteroatoms. The van der Waals surface area contributed by atoms with E-state index in [1.165, 1.54) is 47.9 Å². The monoisotopic (exact) mass is 239 g/mol. The lowest BCUT2D eigenvalue weighted by molar-refractivity contribution is 0.0918. The first-order chi connectivity index (χ1) is 7.36. The molecule has 0 saturated carbocycles. The van der Waals surface area contributed by atoms with Crippen molar-refractivity contribution in [3.63, 3.8) is 0 Å². The predicted octanol–water partition coefficient (Wildman–Crippen LogP) is 2.52. The summed E-state index contributed by atoms with van der Waals surface area (Å²) in [4.78, 5) is 0. The third kappa shape index (κ3) is 1.86. The van der Waals surface area contributed by atoms with E-state index in [1.807, 2.05) is 0 Å². The van der Waals surface area contributed by atoms with Crippen LogP contribution in [0.3, 0.4) is 0 Å². The molecule has 3 rings (SSSR count). The number of benzene rings is 1. The molecule has 0 amide bonds. The molecule has 0 spiro atoms. The van der Waals surface area contributed by atoms with Crippen LogP contribution < -0.4 is 5.73 Å². The van der Waals surface area contributed by atoms with Crippen LogP contribution in [-0.4, -0.2) is 6.61 Å². The zero-order valence-electron chi connectivity index (χ0n) is 9.37. The Kier molecular flexibility index (Phi) is 3.53. The molecule has 1 aliphatic heterocycles. The van der Waals surface area contributed by atoms with Crippen LogP contribution in [0.25, 0.3) is 0 Å². The van der Waals surface area contributed by atoms with Crippen LogP contribution in [-0.2, 0) is 24.2 Å². The Labute approximate surface area is 103 Å². The van der Waals surface area contributed by atoms with E-state index in [4.69, 9.17) is 10.5 Å². The average molecular weight is 240 g/mol. The van der Waals surface area contributed by atoms with Gasteiger partial charge < -0.3 is 10.5 Å². The molecule has 2 N–H and O–H groups in total. The standard InChI is InChI=1S/C13H17NO.ClH/c14-12-8-15-7-10-6-5-9-3-1-2-4-11(9)13(10)12;/h5-6,12H,1-4,7-8,14H2;1H. The highest BCUT2D eigenvalue weighted by molar-refractivity contribution is 5.85. The smallest absolute Gasteiger partial charge is 0.0721 e. The predicted molar refractivity (Wildman–Crippen MR) is 66.9 cm³/mol. The zero-order valence-corrected chi connectivity index (χ0v) is 10.2. The van der Waals surface area contributed by atoms with Gasteiger partial charge in [-0.25, -0.2) is 0 Å². The van der Waals surface area contributed by atoms with E-state index < -0.39 is 0 Å². The van der Waals surface area contributed by atoms with Crippen molar-refractivity contribution in [2.75, 3.05) is 6.61 Å². The lowest BCUT2D eigenvalue weighted by atomic mass is 9.83. The molecule has 88 valence electrons. The molecule has 1 aromatic rings. The summed E-state index contributed by atoms with van der Waals surface area (Å²) in [5.74, 6) is 0. The number of hydrogen-bond donors (Lipinski definition) is 1. The van der Waals surface area contributed by atoms with Crippen molar-refractivity contribution in [3.8, 4) is 0 Å². The van der Waals surface area contributed by atoms with Crippen LogP contribution in [0.1, 0.15) is 41.1 Å². The first-order valence-electron chi connectivity index (χ1n) is 5.83. The van der Waals surface area contributed by atoms with Crippen molar-refractivity contribution in [2.45, 2.75) is 38.3 Å². The number of fused-ring (bicyclic) bond motifs is 3. The molecule has 2 aliphatic rings. The third-order valence-corrected chi connectivity index (χ3v) is 3.59. The maximum absolute atomic E-state index is 6.15. The van der Waals surface area contributed by atoms with Crippen LogP contribution >= 0.6 is 12.4 Å². The highest BCUT2D eigenvalue weighted by atomic mass is 35.5. The van der Waals surface area contributed by atoms with Crippen molar-refractivity contribution in [1.82, 2.24) is 0 Å². The first-order valence-corrected chi connectivity index (χ1v) is 5.83. The summed E-state index contributed by atoms with van der Waals surface area (Å²) in [6, 6.07) is 4.58. The van der Waals surface area contributed by atoms with Gasteiger partial charge in [-0.2, -0.15) is 0 Å². The Hall–Kier alpha value is -0.570. The molecule has 0 saturated heterocycles. The Bertz CT molecular complexity index is 392. The SMILES string of the molecule is Cl.NC1COCc2ccc3c(c21)CCCC3. The second-order valence-electron chi connectivity index (χ2n) is 4.60. The van der Waals surface area contributed by atoms with Gasteiger partial charge in [-0.3, -0.25) is 0 Å². The summed E-state index contributed by atoms with van der Waals surface area (Å²) in [5.41, 5.74) is 11.9. The molecule has 0 aromatic heterocycles. The molecule has 1 atom stereocenters. The Morgan fingerprint density at radius 3 is 2.75 bits per heavy atom. The lowest BCUT2D eigenvalue weighted by Gasteiger charge is -2.29. The largest absolute Gasteiger partial charge is 0.375 e. The first kappa shape index (κ1) is 11.9. The Morgan fingerprint density at radius 2 is 1.88 bits per heavy atom. The van der Waals surface area contributed by atoms with Crippen molar-refractivity contribution < 1.29 is 4.74 Å². The summed E-state index contributed by atoms with van der Waals surface area (Å²) in [6.07, 6.45) is 5.09. The summed E-state index contributed by atoms with van der Waals surface area (Å²) >= 11 is 0. The van der Waals surface area contributed by atoms with Gasteiger partial charge in [-0.1, -0.05) is 12.1 Å². The van der Waals surface area contributed by atoms with Gasteiger partial charge in [0, 0.05) is 0 Å². The van der Waals surface area contributed by atoms with Crippen molar-refractivity contribution in [3.05, 3.63) is 34.4 Å². The van der Waals surface area contributed by atoms with Gasteiger partial charge in [-0.05, 0) is 47.9 Å². The van der Waals surface area contributed by atoms with Crippen LogP contribution in [0, 0.1) is 0 Å². The number of rotatable bonds is 0. The van der Waals surface area contributed by atoms with Gasteiger partial charge in [-0.15, -0.1) is 12.4 Å². The van der Waals surface area contributed by atoms with E-state index in [-0.39, 0.29) is 18.4 Å². The number of nitrogens with two attached hydrogens (primary N) is 1. The molecule has 1 aromatic carbocycles. The number of hydrogen-bond acceptors (Lipinski definition) is 2. The van der Waals surface area contributed by atoms with Crippen LogP contribution in [0.2, 0.25) is 0 Å². The van der Waals surface area contributed by atoms with E-state index in [1.54, 1.807) is 0 Å². The molecule has 16 heavy (non-hydrogen) atoms. The minimum Gasteiger partial charge on any atom is -0.375 e. The van der Waals surface area contributed by atoms with Gasteiger partial charge >= 0.3 is 0 Å². The minimum absolute atomic E-state index is 0. The molecule has 0 fully saturated rings. The summed E-state index contributed by atoms with van der Waals surface area (Å²) < 4.78 is 5.47. The van der Waals surface area contributed by atoms with Crippen molar-refractivity contribution >= 4 is 12.4 Å². The Morgan fingerprint density at radius 1 is 1.12 bits per heavy atom. The number of ether oxygens (including phenoxy) is 1. The van der Waals surface area contributed by atoms with E-state index in [0.717, 1.165) is 6.61 Å². The average Bonchev–Trinajstić information content (AvgIpc) is 2.29. The fraction of sp³-hybridized carbons (Fsp3) is 0.538. The minimum atomic E-state index is 0. The molecule has 2 nitrogen and oxygen atoms in total. The molecule has 0 radical (unpaired) electrons. The van der Waals surface area contributed by atoms with Crippen molar-refractivity contribution in [1.29, 1.82) is 0 Å². The maximum Gasteiger partial charge on any atom is 0.0721 e. The van der Waals surface area contributed by atoms with Gasteiger partial charge in [0.2, 0.25) is 0 Å². The van der Waals surface area contributed by atoms with Crippen molar-refractivity contribution in [2.24, 2.45) is 5.73 Å². The second kappa shape index (κ2) is 4.74. The van der Waals surface area contributed by atoms with Gasteiger partial charge in [0.1, 0.15) is 0 Å². The third-order valence-electron chi connectivity index (χ3n) is 3.59. The molecular weight excluding hydrogens is 222 g/mol. The highest BCUT2D eigenvalue weighted by Gasteiger charge is 2.23. The molecule has 0 bridgehead atoms. The maximum atomic E-state index is 6.15. The van der Waals surface area contributed by atoms with Gasteiger partial charge in [0.05, 0.1) is 19.3 Å². The van der Waals surface area contributed by atoms with E-state index in [2.05, 4.69) is 12.1 Å².